The van der Waals surface area contributed by atoms with Gasteiger partial charge in [-0.25, -0.2) is 14.4 Å². The van der Waals surface area contributed by atoms with Crippen molar-refractivity contribution >= 4 is 30.0 Å². The van der Waals surface area contributed by atoms with Gasteiger partial charge in [-0.15, -0.1) is 0 Å². The van der Waals surface area contributed by atoms with E-state index < -0.39 is 60.3 Å². The molecule has 0 bridgehead atoms. The molecule has 0 saturated heterocycles. The van der Waals surface area contributed by atoms with Crippen LogP contribution in [0.25, 0.3) is 0 Å². The lowest BCUT2D eigenvalue weighted by atomic mass is 10.2. The molecule has 0 rings (SSSR count). The van der Waals surface area contributed by atoms with Crippen molar-refractivity contribution in [1.82, 2.24) is 21.3 Å². The molecule has 0 aliphatic rings. The van der Waals surface area contributed by atoms with Crippen LogP contribution in [0.5, 0.6) is 0 Å². The van der Waals surface area contributed by atoms with Gasteiger partial charge >= 0.3 is 18.2 Å². The average molecular weight is 432 g/mol. The number of hydrogen-bond acceptors (Lipinski definition) is 8. The van der Waals surface area contributed by atoms with Gasteiger partial charge in [0, 0.05) is 6.54 Å². The van der Waals surface area contributed by atoms with Crippen LogP contribution < -0.4 is 21.3 Å². The topological polar surface area (TPSA) is 161 Å². The summed E-state index contributed by atoms with van der Waals surface area (Å²) in [5, 5.41) is 9.21. The van der Waals surface area contributed by atoms with Crippen LogP contribution >= 0.6 is 0 Å². The smallest absolute Gasteiger partial charge is 0.408 e. The zero-order chi connectivity index (χ0) is 23.5. The van der Waals surface area contributed by atoms with Gasteiger partial charge in [-0.3, -0.25) is 9.59 Å². The van der Waals surface area contributed by atoms with E-state index in [2.05, 4.69) is 26.0 Å². The van der Waals surface area contributed by atoms with Crippen LogP contribution in [0.15, 0.2) is 0 Å². The van der Waals surface area contributed by atoms with Gasteiger partial charge in [0.05, 0.1) is 13.7 Å². The lowest BCUT2D eigenvalue weighted by molar-refractivity contribution is -0.144. The van der Waals surface area contributed by atoms with Crippen molar-refractivity contribution < 1.29 is 38.2 Å². The molecule has 1 atom stereocenters. The third-order valence-corrected chi connectivity index (χ3v) is 2.91. The summed E-state index contributed by atoms with van der Waals surface area (Å²) in [6.07, 6.45) is -1.57. The molecule has 0 radical (unpaired) electrons. The largest absolute Gasteiger partial charge is 0.467 e. The van der Waals surface area contributed by atoms with Crippen LogP contribution in [0.4, 0.5) is 9.59 Å². The highest BCUT2D eigenvalue weighted by atomic mass is 16.6. The molecule has 0 aromatic carbocycles. The van der Waals surface area contributed by atoms with E-state index >= 15 is 0 Å². The fourth-order valence-electron chi connectivity index (χ4n) is 1.79. The van der Waals surface area contributed by atoms with Crippen molar-refractivity contribution in [3.8, 4) is 0 Å². The van der Waals surface area contributed by atoms with E-state index in [-0.39, 0.29) is 6.54 Å². The normalized spacial score (nSPS) is 12.1. The zero-order valence-electron chi connectivity index (χ0n) is 18.5. The van der Waals surface area contributed by atoms with Crippen LogP contribution in [-0.4, -0.2) is 74.0 Å². The van der Waals surface area contributed by atoms with E-state index in [1.54, 1.807) is 41.5 Å². The Morgan fingerprint density at radius 1 is 0.733 bits per heavy atom. The Morgan fingerprint density at radius 2 is 1.17 bits per heavy atom. The summed E-state index contributed by atoms with van der Waals surface area (Å²) in [4.78, 5) is 58.7. The molecular formula is C18H32N4O8. The molecule has 0 spiro atoms. The predicted octanol–water partition coefficient (Wildman–Crippen LogP) is -0.190. The molecule has 172 valence electrons. The zero-order valence-corrected chi connectivity index (χ0v) is 18.5. The molecule has 0 aliphatic heterocycles. The summed E-state index contributed by atoms with van der Waals surface area (Å²) >= 11 is 0. The lowest BCUT2D eigenvalue weighted by Gasteiger charge is -2.21. The number of alkyl carbamates (subject to hydrolysis) is 2. The highest BCUT2D eigenvalue weighted by Gasteiger charge is 2.23. The Balaban J connectivity index is 4.50. The van der Waals surface area contributed by atoms with E-state index in [0.717, 1.165) is 7.11 Å². The third-order valence-electron chi connectivity index (χ3n) is 2.91. The number of amides is 4. The standard InChI is InChI=1S/C18H32N4O8/c1-17(2,3)29-15(26)20-9-12(23)19-8-11(14(25)28-7)22-13(24)10-21-16(27)30-18(4,5)6/h11H,8-10H2,1-7H3,(H,19,23)(H,20,26)(H,21,27)(H,22,24)/t11-/m0/s1. The maximum Gasteiger partial charge on any atom is 0.408 e. The molecule has 0 fully saturated rings. The Bertz CT molecular complexity index is 637. The number of rotatable bonds is 8. The van der Waals surface area contributed by atoms with Crippen LogP contribution in [-0.2, 0) is 28.6 Å². The molecule has 30 heavy (non-hydrogen) atoms. The van der Waals surface area contributed by atoms with E-state index in [9.17, 15) is 24.0 Å². The predicted molar refractivity (Wildman–Crippen MR) is 105 cm³/mol. The summed E-state index contributed by atoms with van der Waals surface area (Å²) in [5.74, 6) is -2.12. The quantitative estimate of drug-likeness (QED) is 0.303. The minimum absolute atomic E-state index is 0.292. The van der Waals surface area contributed by atoms with Gasteiger partial charge in [0.1, 0.15) is 23.8 Å². The van der Waals surface area contributed by atoms with Crippen LogP contribution in [0.2, 0.25) is 0 Å². The number of carbonyl (C=O) groups is 5. The van der Waals surface area contributed by atoms with Gasteiger partial charge < -0.3 is 35.5 Å². The Hall–Kier alpha value is -3.05. The van der Waals surface area contributed by atoms with Gasteiger partial charge in [0.25, 0.3) is 0 Å². The number of methoxy groups -OCH3 is 1. The molecule has 4 N–H and O–H groups in total. The fourth-order valence-corrected chi connectivity index (χ4v) is 1.79. The van der Waals surface area contributed by atoms with Gasteiger partial charge in [-0.2, -0.15) is 0 Å². The van der Waals surface area contributed by atoms with E-state index in [1.807, 2.05) is 0 Å². The summed E-state index contributed by atoms with van der Waals surface area (Å²) in [6, 6.07) is -1.20. The molecule has 4 amide bonds. The van der Waals surface area contributed by atoms with Gasteiger partial charge in [0.2, 0.25) is 11.8 Å². The average Bonchev–Trinajstić information content (AvgIpc) is 2.58. The van der Waals surface area contributed by atoms with E-state index in [4.69, 9.17) is 9.47 Å². The Labute approximate surface area is 175 Å². The van der Waals surface area contributed by atoms with Crippen molar-refractivity contribution in [3.05, 3.63) is 0 Å². The van der Waals surface area contributed by atoms with Gasteiger partial charge in [-0.05, 0) is 41.5 Å². The Kier molecular flexibility index (Phi) is 10.6. The van der Waals surface area contributed by atoms with Crippen molar-refractivity contribution in [2.75, 3.05) is 26.7 Å². The summed E-state index contributed by atoms with van der Waals surface area (Å²) in [5.41, 5.74) is -1.44. The summed E-state index contributed by atoms with van der Waals surface area (Å²) in [6.45, 7) is 8.89. The van der Waals surface area contributed by atoms with Crippen molar-refractivity contribution in [3.63, 3.8) is 0 Å². The molecule has 0 saturated carbocycles. The Morgan fingerprint density at radius 3 is 1.57 bits per heavy atom. The molecule has 0 aromatic heterocycles. The molecule has 12 nitrogen and oxygen atoms in total. The number of esters is 1. The van der Waals surface area contributed by atoms with Crippen molar-refractivity contribution in [1.29, 1.82) is 0 Å². The molecule has 0 unspecified atom stereocenters. The monoisotopic (exact) mass is 432 g/mol. The second kappa shape index (κ2) is 11.8. The number of nitrogens with one attached hydrogen (secondary N) is 4. The highest BCUT2D eigenvalue weighted by molar-refractivity contribution is 5.88. The second-order valence-electron chi connectivity index (χ2n) is 8.16. The van der Waals surface area contributed by atoms with Gasteiger partial charge in [-0.1, -0.05) is 0 Å². The summed E-state index contributed by atoms with van der Waals surface area (Å²) < 4.78 is 14.6. The van der Waals surface area contributed by atoms with E-state index in [0.29, 0.717) is 0 Å². The minimum Gasteiger partial charge on any atom is -0.467 e. The van der Waals surface area contributed by atoms with Crippen LogP contribution in [0, 0.1) is 0 Å². The van der Waals surface area contributed by atoms with Crippen molar-refractivity contribution in [2.45, 2.75) is 58.8 Å². The second-order valence-corrected chi connectivity index (χ2v) is 8.16. The van der Waals surface area contributed by atoms with Crippen LogP contribution in [0.3, 0.4) is 0 Å². The molecule has 0 aliphatic carbocycles. The SMILES string of the molecule is COC(=O)[C@H](CNC(=O)CNC(=O)OC(C)(C)C)NC(=O)CNC(=O)OC(C)(C)C. The first-order valence-corrected chi connectivity index (χ1v) is 9.20. The minimum atomic E-state index is -1.20. The number of ether oxygens (including phenoxy) is 3. The molecule has 0 aromatic rings. The lowest BCUT2D eigenvalue weighted by Crippen LogP contribution is -2.52. The first-order chi connectivity index (χ1) is 13.6. The maximum absolute atomic E-state index is 12.0. The van der Waals surface area contributed by atoms with E-state index in [1.165, 1.54) is 0 Å². The highest BCUT2D eigenvalue weighted by Crippen LogP contribution is 2.06. The van der Waals surface area contributed by atoms with Gasteiger partial charge in [0.15, 0.2) is 0 Å². The number of hydrogen-bond donors (Lipinski definition) is 4. The number of carbonyl (C=O) groups excluding carboxylic acids is 5. The first kappa shape index (κ1) is 27.0. The molecule has 0 heterocycles. The van der Waals surface area contributed by atoms with Crippen molar-refractivity contribution in [2.24, 2.45) is 0 Å². The first-order valence-electron chi connectivity index (χ1n) is 9.20. The molecular weight excluding hydrogens is 400 g/mol. The maximum atomic E-state index is 12.0. The van der Waals surface area contributed by atoms with Crippen LogP contribution in [0.1, 0.15) is 41.5 Å². The fraction of sp³-hybridized carbons (Fsp3) is 0.722. The third kappa shape index (κ3) is 14.0. The molecule has 12 heteroatoms. The summed E-state index contributed by atoms with van der Waals surface area (Å²) in [7, 11) is 1.12.